The van der Waals surface area contributed by atoms with Gasteiger partial charge in [-0.05, 0) is 25.0 Å². The van der Waals surface area contributed by atoms with Crippen LogP contribution < -0.4 is 10.5 Å². The van der Waals surface area contributed by atoms with E-state index in [1.54, 1.807) is 24.1 Å². The number of carbonyl (C=O) groups is 1. The van der Waals surface area contributed by atoms with Crippen molar-refractivity contribution in [3.05, 3.63) is 34.6 Å². The number of carbonyl (C=O) groups excluding carboxylic acids is 1. The largest absolute Gasteiger partial charge is 0.342 e. The molecule has 1 aromatic heterocycles. The number of alkyl halides is 2. The Morgan fingerprint density at radius 1 is 1.18 bits per heavy atom. The van der Waals surface area contributed by atoms with Gasteiger partial charge in [0, 0.05) is 46.1 Å². The zero-order valence-corrected chi connectivity index (χ0v) is 15.9. The van der Waals surface area contributed by atoms with E-state index in [1.165, 1.54) is 4.57 Å². The normalized spacial score (nSPS) is 22.5. The fourth-order valence-corrected chi connectivity index (χ4v) is 4.16. The van der Waals surface area contributed by atoms with Gasteiger partial charge in [0.1, 0.15) is 0 Å². The third-order valence-electron chi connectivity index (χ3n) is 5.82. The van der Waals surface area contributed by atoms with E-state index < -0.39 is 5.92 Å². The molecule has 0 spiro atoms. The average Bonchev–Trinajstić information content (AvgIpc) is 2.70. The maximum Gasteiger partial charge on any atom is 0.262 e. The summed E-state index contributed by atoms with van der Waals surface area (Å²) < 4.78 is 28.3. The number of rotatable bonds is 2. The Kier molecular flexibility index (Phi) is 4.81. The summed E-state index contributed by atoms with van der Waals surface area (Å²) in [5.41, 5.74) is 0.514. The van der Waals surface area contributed by atoms with Crippen LogP contribution in [0.3, 0.4) is 0 Å². The number of nitrogens with zero attached hydrogens (tertiary/aromatic N) is 4. The van der Waals surface area contributed by atoms with Gasteiger partial charge in [-0.25, -0.2) is 13.8 Å². The second-order valence-corrected chi connectivity index (χ2v) is 7.76. The van der Waals surface area contributed by atoms with E-state index in [0.717, 1.165) is 12.8 Å². The van der Waals surface area contributed by atoms with Crippen molar-refractivity contribution in [1.29, 1.82) is 0 Å². The summed E-state index contributed by atoms with van der Waals surface area (Å²) >= 11 is 0. The van der Waals surface area contributed by atoms with Gasteiger partial charge >= 0.3 is 0 Å². The molecular formula is C20H24F2N4O2. The van der Waals surface area contributed by atoms with Crippen molar-refractivity contribution in [1.82, 2.24) is 14.5 Å². The molecule has 28 heavy (non-hydrogen) atoms. The van der Waals surface area contributed by atoms with Crippen molar-refractivity contribution < 1.29 is 13.6 Å². The molecule has 0 aliphatic carbocycles. The molecule has 3 heterocycles. The minimum Gasteiger partial charge on any atom is -0.342 e. The number of halogens is 2. The molecule has 2 aromatic rings. The van der Waals surface area contributed by atoms with E-state index in [0.29, 0.717) is 29.9 Å². The number of anilines is 1. The van der Waals surface area contributed by atoms with Gasteiger partial charge < -0.3 is 9.80 Å². The molecule has 4 rings (SSSR count). The Bertz CT molecular complexity index is 949. The number of amides is 1. The first-order valence-corrected chi connectivity index (χ1v) is 9.73. The van der Waals surface area contributed by atoms with Crippen LogP contribution in [0.1, 0.15) is 25.7 Å². The standard InChI is InChI=1S/C20H24F2N4O2/c1-24-18(28)15-6-2-3-7-16(15)23-19(24)26-10-4-5-14(13-26)17(27)25-11-8-20(21,22)9-12-25/h2-3,6-7,14H,4-5,8-13H2,1H3. The lowest BCUT2D eigenvalue weighted by molar-refractivity contribution is -0.141. The quantitative estimate of drug-likeness (QED) is 0.790. The van der Waals surface area contributed by atoms with Gasteiger partial charge in [0.05, 0.1) is 16.8 Å². The zero-order valence-electron chi connectivity index (χ0n) is 15.9. The van der Waals surface area contributed by atoms with Crippen LogP contribution in [0.2, 0.25) is 0 Å². The van der Waals surface area contributed by atoms with Crippen molar-refractivity contribution in [2.24, 2.45) is 13.0 Å². The molecule has 8 heteroatoms. The summed E-state index contributed by atoms with van der Waals surface area (Å²) in [6, 6.07) is 7.21. The molecule has 2 aliphatic heterocycles. The Morgan fingerprint density at radius 2 is 1.89 bits per heavy atom. The molecule has 2 saturated heterocycles. The molecule has 6 nitrogen and oxygen atoms in total. The molecular weight excluding hydrogens is 366 g/mol. The molecule has 2 aliphatic rings. The number of piperidine rings is 2. The second-order valence-electron chi connectivity index (χ2n) is 7.76. The Labute approximate surface area is 161 Å². The Hall–Kier alpha value is -2.51. The SMILES string of the molecule is Cn1c(N2CCCC(C(=O)N3CCC(F)(F)CC3)C2)nc2ccccc2c1=O. The van der Waals surface area contributed by atoms with Crippen LogP contribution in [0.4, 0.5) is 14.7 Å². The highest BCUT2D eigenvalue weighted by Gasteiger charge is 2.38. The first kappa shape index (κ1) is 18.8. The molecule has 0 saturated carbocycles. The van der Waals surface area contributed by atoms with E-state index in [1.807, 2.05) is 17.0 Å². The van der Waals surface area contributed by atoms with E-state index in [4.69, 9.17) is 0 Å². The van der Waals surface area contributed by atoms with Gasteiger partial charge in [0.15, 0.2) is 0 Å². The summed E-state index contributed by atoms with van der Waals surface area (Å²) in [7, 11) is 1.69. The molecule has 0 radical (unpaired) electrons. The van der Waals surface area contributed by atoms with Crippen LogP contribution in [0.5, 0.6) is 0 Å². The van der Waals surface area contributed by atoms with E-state index in [2.05, 4.69) is 4.98 Å². The van der Waals surface area contributed by atoms with Crippen LogP contribution in [0, 0.1) is 5.92 Å². The van der Waals surface area contributed by atoms with Crippen LogP contribution in [-0.2, 0) is 11.8 Å². The number of benzene rings is 1. The van der Waals surface area contributed by atoms with Crippen molar-refractivity contribution in [2.45, 2.75) is 31.6 Å². The summed E-state index contributed by atoms with van der Waals surface area (Å²) in [6.45, 7) is 1.37. The number of aromatic nitrogens is 2. The smallest absolute Gasteiger partial charge is 0.262 e. The van der Waals surface area contributed by atoms with Gasteiger partial charge in [0.25, 0.3) is 11.5 Å². The molecule has 1 aromatic carbocycles. The van der Waals surface area contributed by atoms with E-state index in [-0.39, 0.29) is 43.3 Å². The molecule has 1 amide bonds. The van der Waals surface area contributed by atoms with Crippen LogP contribution in [0.25, 0.3) is 10.9 Å². The number of para-hydroxylation sites is 1. The summed E-state index contributed by atoms with van der Waals surface area (Å²) in [5.74, 6) is -2.44. The van der Waals surface area contributed by atoms with Crippen molar-refractivity contribution >= 4 is 22.8 Å². The molecule has 0 N–H and O–H groups in total. The Balaban J connectivity index is 1.54. The highest BCUT2D eigenvalue weighted by molar-refractivity contribution is 5.80. The third kappa shape index (κ3) is 3.47. The topological polar surface area (TPSA) is 58.4 Å². The molecule has 1 unspecified atom stereocenters. The maximum absolute atomic E-state index is 13.4. The van der Waals surface area contributed by atoms with Crippen molar-refractivity contribution in [3.63, 3.8) is 0 Å². The second kappa shape index (κ2) is 7.14. The summed E-state index contributed by atoms with van der Waals surface area (Å²) in [4.78, 5) is 33.7. The van der Waals surface area contributed by atoms with Gasteiger partial charge in [-0.15, -0.1) is 0 Å². The van der Waals surface area contributed by atoms with Gasteiger partial charge in [-0.3, -0.25) is 14.2 Å². The van der Waals surface area contributed by atoms with Gasteiger partial charge in [0.2, 0.25) is 11.9 Å². The molecule has 150 valence electrons. The minimum atomic E-state index is -2.66. The van der Waals surface area contributed by atoms with Crippen LogP contribution in [-0.4, -0.2) is 52.5 Å². The number of likely N-dealkylation sites (tertiary alicyclic amines) is 1. The van der Waals surface area contributed by atoms with Gasteiger partial charge in [-0.2, -0.15) is 0 Å². The van der Waals surface area contributed by atoms with Crippen molar-refractivity contribution in [3.8, 4) is 0 Å². The predicted octanol–water partition coefficient (Wildman–Crippen LogP) is 2.41. The number of hydrogen-bond acceptors (Lipinski definition) is 4. The maximum atomic E-state index is 13.4. The lowest BCUT2D eigenvalue weighted by Gasteiger charge is -2.38. The fourth-order valence-electron chi connectivity index (χ4n) is 4.16. The molecule has 2 fully saturated rings. The van der Waals surface area contributed by atoms with Crippen LogP contribution >= 0.6 is 0 Å². The Morgan fingerprint density at radius 3 is 2.64 bits per heavy atom. The zero-order chi connectivity index (χ0) is 19.9. The van der Waals surface area contributed by atoms with E-state index >= 15 is 0 Å². The lowest BCUT2D eigenvalue weighted by atomic mass is 9.95. The highest BCUT2D eigenvalue weighted by atomic mass is 19.3. The van der Waals surface area contributed by atoms with Gasteiger partial charge in [-0.1, -0.05) is 12.1 Å². The van der Waals surface area contributed by atoms with Crippen LogP contribution in [0.15, 0.2) is 29.1 Å². The number of fused-ring (bicyclic) bond motifs is 1. The number of hydrogen-bond donors (Lipinski definition) is 0. The first-order valence-electron chi connectivity index (χ1n) is 9.73. The molecule has 0 bridgehead atoms. The minimum absolute atomic E-state index is 0.0639. The predicted molar refractivity (Wildman–Crippen MR) is 103 cm³/mol. The highest BCUT2D eigenvalue weighted by Crippen LogP contribution is 2.30. The van der Waals surface area contributed by atoms with E-state index in [9.17, 15) is 18.4 Å². The first-order chi connectivity index (χ1) is 13.4. The monoisotopic (exact) mass is 390 g/mol. The average molecular weight is 390 g/mol. The molecule has 1 atom stereocenters. The lowest BCUT2D eigenvalue weighted by Crippen LogP contribution is -2.49. The summed E-state index contributed by atoms with van der Waals surface area (Å²) in [5, 5.41) is 0.563. The van der Waals surface area contributed by atoms with Crippen molar-refractivity contribution in [2.75, 3.05) is 31.1 Å². The fraction of sp³-hybridized carbons (Fsp3) is 0.550. The summed E-state index contributed by atoms with van der Waals surface area (Å²) in [6.07, 6.45) is 0.985. The third-order valence-corrected chi connectivity index (χ3v) is 5.82.